The molecule has 62 valence electrons. The first-order valence-electron chi connectivity index (χ1n) is 4.66. The second-order valence-corrected chi connectivity index (χ2v) is 4.17. The van der Waals surface area contributed by atoms with Gasteiger partial charge < -0.3 is 9.71 Å². The Balaban J connectivity index is 2.03. The van der Waals surface area contributed by atoms with Crippen LogP contribution < -0.4 is 0 Å². The molecule has 2 heterocycles. The normalized spacial score (nSPS) is 40.8. The lowest BCUT2D eigenvalue weighted by atomic mass is 9.93. The van der Waals surface area contributed by atoms with Gasteiger partial charge in [-0.05, 0) is 38.9 Å². The zero-order valence-corrected chi connectivity index (χ0v) is 7.58. The molecule has 11 heavy (non-hydrogen) atoms. The Kier molecular flexibility index (Phi) is 1.94. The summed E-state index contributed by atoms with van der Waals surface area (Å²) in [4.78, 5) is 5.01. The molecule has 0 unspecified atom stereocenters. The van der Waals surface area contributed by atoms with Crippen molar-refractivity contribution in [2.75, 3.05) is 26.7 Å². The summed E-state index contributed by atoms with van der Waals surface area (Å²) in [6, 6.07) is 0.869. The maximum atomic E-state index is 2.54. The van der Waals surface area contributed by atoms with Gasteiger partial charge in [0.1, 0.15) is 0 Å². The molecule has 0 radical (unpaired) electrons. The minimum absolute atomic E-state index is 0.869. The topological polar surface area (TPSA) is 6.48 Å². The maximum absolute atomic E-state index is 2.54. The molecule has 2 nitrogen and oxygen atoms in total. The Morgan fingerprint density at radius 2 is 2.18 bits per heavy atom. The van der Waals surface area contributed by atoms with Crippen LogP contribution in [0.4, 0.5) is 0 Å². The molecule has 0 spiro atoms. The van der Waals surface area contributed by atoms with E-state index in [0.717, 1.165) is 12.0 Å². The molecule has 0 aromatic rings. The minimum Gasteiger partial charge on any atom is -0.347 e. The number of likely N-dealkylation sites (N-methyl/N-ethyl adjacent to an activating group) is 1. The number of likely N-dealkylation sites (tertiary alicyclic amines) is 1. The highest BCUT2D eigenvalue weighted by Gasteiger charge is 2.35. The molecule has 0 bridgehead atoms. The maximum Gasteiger partial charge on any atom is 0.185 e. The highest BCUT2D eigenvalue weighted by Crippen LogP contribution is 2.28. The molecule has 2 aliphatic rings. The van der Waals surface area contributed by atoms with Crippen LogP contribution in [0.3, 0.4) is 0 Å². The van der Waals surface area contributed by atoms with E-state index in [0.29, 0.717) is 0 Å². The van der Waals surface area contributed by atoms with E-state index < -0.39 is 0 Å². The molecule has 0 aromatic heterocycles. The van der Waals surface area contributed by atoms with Crippen molar-refractivity contribution in [3.63, 3.8) is 0 Å². The van der Waals surface area contributed by atoms with Crippen LogP contribution in [0.2, 0.25) is 0 Å². The number of piperidine rings is 1. The van der Waals surface area contributed by atoms with Crippen molar-refractivity contribution in [1.82, 2.24) is 9.71 Å². The van der Waals surface area contributed by atoms with Crippen LogP contribution >= 0.6 is 0 Å². The van der Waals surface area contributed by atoms with Crippen LogP contribution in [-0.4, -0.2) is 50.4 Å². The monoisotopic (exact) mass is 152 g/mol. The summed E-state index contributed by atoms with van der Waals surface area (Å²) in [6.45, 7) is 3.94. The second kappa shape index (κ2) is 2.79. The van der Waals surface area contributed by atoms with Gasteiger partial charge in [-0.1, -0.05) is 0 Å². The van der Waals surface area contributed by atoms with Crippen molar-refractivity contribution in [3.8, 4) is 0 Å². The zero-order valence-electron chi connectivity index (χ0n) is 7.58. The summed E-state index contributed by atoms with van der Waals surface area (Å²) in [5, 5.41) is 0. The number of hydrogen-bond acceptors (Lipinski definition) is 2. The smallest absolute Gasteiger partial charge is 0.185 e. The van der Waals surface area contributed by atoms with Crippen molar-refractivity contribution in [2.45, 2.75) is 18.9 Å². The molecule has 0 saturated carbocycles. The van der Waals surface area contributed by atoms with E-state index in [1.54, 1.807) is 0 Å². The third-order valence-corrected chi connectivity index (χ3v) is 3.24. The van der Waals surface area contributed by atoms with E-state index in [9.17, 15) is 0 Å². The molecule has 2 aliphatic heterocycles. The first kappa shape index (κ1) is 7.62. The van der Waals surface area contributed by atoms with Gasteiger partial charge in [-0.25, -0.2) is 0 Å². The number of rotatable bonds is 0. The van der Waals surface area contributed by atoms with Crippen LogP contribution in [0, 0.1) is 5.92 Å². The molecule has 0 amide bonds. The number of hydrogen-bond donors (Lipinski definition) is 0. The van der Waals surface area contributed by atoms with Gasteiger partial charge in [-0.15, -0.1) is 0 Å². The summed E-state index contributed by atoms with van der Waals surface area (Å²) >= 11 is 0. The van der Waals surface area contributed by atoms with Crippen LogP contribution in [0.1, 0.15) is 12.8 Å². The summed E-state index contributed by atoms with van der Waals surface area (Å²) in [5.41, 5.74) is 0. The van der Waals surface area contributed by atoms with Crippen molar-refractivity contribution in [1.29, 1.82) is 0 Å². The van der Waals surface area contributed by atoms with Gasteiger partial charge in [0, 0.05) is 12.6 Å². The highest BCUT2D eigenvalue weighted by molar-refractivity contribution is 6.04. The van der Waals surface area contributed by atoms with Gasteiger partial charge in [0.25, 0.3) is 0 Å². The zero-order chi connectivity index (χ0) is 7.84. The number of fused-ring (bicyclic) bond motifs is 1. The van der Waals surface area contributed by atoms with Crippen molar-refractivity contribution in [3.05, 3.63) is 0 Å². The second-order valence-electron chi connectivity index (χ2n) is 4.17. The third-order valence-electron chi connectivity index (χ3n) is 3.24. The lowest BCUT2D eigenvalue weighted by molar-refractivity contribution is 0.157. The fourth-order valence-electron chi connectivity index (χ4n) is 2.62. The molecule has 2 atom stereocenters. The van der Waals surface area contributed by atoms with Gasteiger partial charge in [0.05, 0.1) is 0 Å². The van der Waals surface area contributed by atoms with E-state index >= 15 is 0 Å². The molecule has 3 heteroatoms. The Morgan fingerprint density at radius 1 is 1.36 bits per heavy atom. The Morgan fingerprint density at radius 3 is 2.91 bits per heavy atom. The lowest BCUT2D eigenvalue weighted by Crippen LogP contribution is -2.42. The van der Waals surface area contributed by atoms with Gasteiger partial charge in [0.2, 0.25) is 0 Å². The summed E-state index contributed by atoms with van der Waals surface area (Å²) in [6.07, 6.45) is 2.87. The first-order chi connectivity index (χ1) is 5.27. The van der Waals surface area contributed by atoms with Gasteiger partial charge >= 0.3 is 0 Å². The van der Waals surface area contributed by atoms with Crippen molar-refractivity contribution < 1.29 is 0 Å². The molecule has 0 N–H and O–H groups in total. The van der Waals surface area contributed by atoms with Crippen LogP contribution in [0.25, 0.3) is 0 Å². The largest absolute Gasteiger partial charge is 0.347 e. The lowest BCUT2D eigenvalue weighted by Gasteiger charge is -2.33. The van der Waals surface area contributed by atoms with Crippen molar-refractivity contribution in [2.24, 2.45) is 5.92 Å². The van der Waals surface area contributed by atoms with E-state index in [-0.39, 0.29) is 0 Å². The van der Waals surface area contributed by atoms with Crippen LogP contribution in [0.15, 0.2) is 0 Å². The minimum atomic E-state index is 0.869. The predicted molar refractivity (Wildman–Crippen MR) is 49.3 cm³/mol. The quantitative estimate of drug-likeness (QED) is 0.434. The molecule has 2 rings (SSSR count). The molecular formula is C8H17BN2. The first-order valence-corrected chi connectivity index (χ1v) is 4.66. The fraction of sp³-hybridized carbons (Fsp3) is 1.00. The van der Waals surface area contributed by atoms with E-state index in [2.05, 4.69) is 24.7 Å². The van der Waals surface area contributed by atoms with Crippen LogP contribution in [0.5, 0.6) is 0 Å². The Bertz CT molecular complexity index is 151. The SMILES string of the molecule is BN1C[C@@H]2CCCN(C)[C@@H]2C1. The fourth-order valence-corrected chi connectivity index (χ4v) is 2.62. The van der Waals surface area contributed by atoms with E-state index in [4.69, 9.17) is 0 Å². The van der Waals surface area contributed by atoms with E-state index in [1.165, 1.54) is 32.5 Å². The molecule has 0 aliphatic carbocycles. The summed E-state index contributed by atoms with van der Waals surface area (Å²) in [5.74, 6) is 0.971. The summed E-state index contributed by atoms with van der Waals surface area (Å²) in [7, 11) is 4.52. The van der Waals surface area contributed by atoms with Gasteiger partial charge in [-0.3, -0.25) is 0 Å². The average Bonchev–Trinajstić information content (AvgIpc) is 2.31. The van der Waals surface area contributed by atoms with Gasteiger partial charge in [0.15, 0.2) is 7.98 Å². The highest BCUT2D eigenvalue weighted by atomic mass is 15.2. The molecule has 2 fully saturated rings. The summed E-state index contributed by atoms with van der Waals surface area (Å²) < 4.78 is 0. The van der Waals surface area contributed by atoms with E-state index in [1.807, 2.05) is 0 Å². The van der Waals surface area contributed by atoms with Gasteiger partial charge in [-0.2, -0.15) is 0 Å². The molecule has 2 saturated heterocycles. The standard InChI is InChI=1S/C8H17BN2/c1-10-4-2-3-7-5-11(9)6-8(7)10/h7-8H,2-6,9H2,1H3/t7-,8+/m0/s1. The van der Waals surface area contributed by atoms with Crippen molar-refractivity contribution >= 4 is 7.98 Å². The number of nitrogens with zero attached hydrogens (tertiary/aromatic N) is 2. The average molecular weight is 152 g/mol. The predicted octanol–water partition coefficient (Wildman–Crippen LogP) is -0.440. The third kappa shape index (κ3) is 1.32. The van der Waals surface area contributed by atoms with Crippen LogP contribution in [-0.2, 0) is 0 Å². The molecule has 0 aromatic carbocycles. The Labute approximate surface area is 70.0 Å². The molecular weight excluding hydrogens is 135 g/mol. The Hall–Kier alpha value is -0.0151.